The molecular formula is C14H13ClFNS. The van der Waals surface area contributed by atoms with Gasteiger partial charge in [-0.1, -0.05) is 23.7 Å². The van der Waals surface area contributed by atoms with E-state index in [1.165, 1.54) is 22.6 Å². The third-order valence-electron chi connectivity index (χ3n) is 3.31. The van der Waals surface area contributed by atoms with Crippen LogP contribution in [-0.2, 0) is 13.0 Å². The lowest BCUT2D eigenvalue weighted by Crippen LogP contribution is -2.18. The van der Waals surface area contributed by atoms with Gasteiger partial charge in [-0.2, -0.15) is 0 Å². The van der Waals surface area contributed by atoms with Crippen LogP contribution in [0.25, 0.3) is 0 Å². The minimum absolute atomic E-state index is 0.188. The van der Waals surface area contributed by atoms with Crippen LogP contribution in [-0.4, -0.2) is 0 Å². The van der Waals surface area contributed by atoms with Gasteiger partial charge >= 0.3 is 0 Å². The van der Waals surface area contributed by atoms with Crippen molar-refractivity contribution in [3.05, 3.63) is 56.5 Å². The van der Waals surface area contributed by atoms with E-state index < -0.39 is 0 Å². The van der Waals surface area contributed by atoms with Crippen molar-refractivity contribution < 1.29 is 4.39 Å². The molecule has 18 heavy (non-hydrogen) atoms. The van der Waals surface area contributed by atoms with E-state index in [9.17, 15) is 4.39 Å². The Bertz CT molecular complexity index is 549. The van der Waals surface area contributed by atoms with Gasteiger partial charge < -0.3 is 5.32 Å². The number of thiophene rings is 1. The number of fused-ring (bicyclic) bond motifs is 1. The second kappa shape index (κ2) is 5.00. The molecule has 0 aliphatic heterocycles. The maximum absolute atomic E-state index is 12.8. The lowest BCUT2D eigenvalue weighted by Gasteiger charge is -2.12. The molecule has 0 radical (unpaired) electrons. The average Bonchev–Trinajstić information content (AvgIpc) is 2.88. The summed E-state index contributed by atoms with van der Waals surface area (Å²) in [5, 5.41) is 3.51. The summed E-state index contributed by atoms with van der Waals surface area (Å²) in [6.45, 7) is 0.762. The summed E-state index contributed by atoms with van der Waals surface area (Å²) in [7, 11) is 0. The summed E-state index contributed by atoms with van der Waals surface area (Å²) in [5.74, 6) is -0.188. The highest BCUT2D eigenvalue weighted by atomic mass is 35.5. The number of aryl methyl sites for hydroxylation is 1. The molecule has 2 aromatic rings. The Kier molecular flexibility index (Phi) is 3.37. The van der Waals surface area contributed by atoms with E-state index >= 15 is 0 Å². The summed E-state index contributed by atoms with van der Waals surface area (Å²) in [6.07, 6.45) is 2.23. The third-order valence-corrected chi connectivity index (χ3v) is 4.65. The van der Waals surface area contributed by atoms with Crippen LogP contribution >= 0.6 is 22.9 Å². The number of hydrogen-bond donors (Lipinski definition) is 1. The van der Waals surface area contributed by atoms with Crippen molar-refractivity contribution in [1.82, 2.24) is 5.32 Å². The number of rotatable bonds is 3. The Balaban J connectivity index is 1.66. The predicted octanol–water partition coefficient (Wildman–Crippen LogP) is 4.32. The van der Waals surface area contributed by atoms with Gasteiger partial charge in [-0.25, -0.2) is 4.39 Å². The summed E-state index contributed by atoms with van der Waals surface area (Å²) in [5.41, 5.74) is 2.44. The molecule has 0 bridgehead atoms. The predicted molar refractivity (Wildman–Crippen MR) is 73.6 cm³/mol. The first kappa shape index (κ1) is 12.2. The second-order valence-electron chi connectivity index (χ2n) is 4.53. The number of hydrogen-bond acceptors (Lipinski definition) is 2. The van der Waals surface area contributed by atoms with Crippen molar-refractivity contribution in [2.45, 2.75) is 25.4 Å². The van der Waals surface area contributed by atoms with E-state index in [2.05, 4.69) is 11.4 Å². The Morgan fingerprint density at radius 2 is 2.11 bits per heavy atom. The Morgan fingerprint density at radius 1 is 1.33 bits per heavy atom. The smallest absolute Gasteiger partial charge is 0.123 e. The van der Waals surface area contributed by atoms with Gasteiger partial charge in [0, 0.05) is 17.5 Å². The number of halogens is 2. The van der Waals surface area contributed by atoms with Crippen molar-refractivity contribution in [1.29, 1.82) is 0 Å². The minimum atomic E-state index is -0.188. The molecule has 0 fully saturated rings. The van der Waals surface area contributed by atoms with Crippen LogP contribution in [0.15, 0.2) is 30.3 Å². The Hall–Kier alpha value is -0.900. The molecule has 1 aromatic carbocycles. The van der Waals surface area contributed by atoms with Gasteiger partial charge in [0.1, 0.15) is 5.82 Å². The molecule has 1 nitrogen and oxygen atoms in total. The molecule has 1 unspecified atom stereocenters. The van der Waals surface area contributed by atoms with Crippen LogP contribution in [0.2, 0.25) is 4.34 Å². The largest absolute Gasteiger partial charge is 0.306 e. The standard InChI is InChI=1S/C14H13ClFNS/c15-14-7-11-12(5-6-13(11)18-14)17-8-9-1-3-10(16)4-2-9/h1-4,7,12,17H,5-6,8H2. The highest BCUT2D eigenvalue weighted by Gasteiger charge is 2.24. The van der Waals surface area contributed by atoms with Crippen molar-refractivity contribution in [2.75, 3.05) is 0 Å². The molecule has 0 saturated heterocycles. The summed E-state index contributed by atoms with van der Waals surface area (Å²) >= 11 is 7.71. The van der Waals surface area contributed by atoms with Gasteiger partial charge in [0.2, 0.25) is 0 Å². The maximum atomic E-state index is 12.8. The molecule has 94 valence electrons. The zero-order chi connectivity index (χ0) is 12.5. The molecule has 1 aliphatic carbocycles. The first-order valence-electron chi connectivity index (χ1n) is 5.98. The molecule has 1 N–H and O–H groups in total. The minimum Gasteiger partial charge on any atom is -0.306 e. The Morgan fingerprint density at radius 3 is 2.89 bits per heavy atom. The molecule has 1 heterocycles. The lowest BCUT2D eigenvalue weighted by molar-refractivity contribution is 0.529. The fourth-order valence-corrected chi connectivity index (χ4v) is 3.74. The van der Waals surface area contributed by atoms with E-state index in [4.69, 9.17) is 11.6 Å². The number of benzene rings is 1. The zero-order valence-electron chi connectivity index (χ0n) is 9.75. The highest BCUT2D eigenvalue weighted by Crippen LogP contribution is 2.39. The van der Waals surface area contributed by atoms with E-state index in [-0.39, 0.29) is 5.82 Å². The van der Waals surface area contributed by atoms with Crippen LogP contribution in [0.5, 0.6) is 0 Å². The monoisotopic (exact) mass is 281 g/mol. The average molecular weight is 282 g/mol. The van der Waals surface area contributed by atoms with Crippen LogP contribution in [0.3, 0.4) is 0 Å². The van der Waals surface area contributed by atoms with Crippen molar-refractivity contribution in [3.8, 4) is 0 Å². The van der Waals surface area contributed by atoms with Crippen molar-refractivity contribution in [3.63, 3.8) is 0 Å². The quantitative estimate of drug-likeness (QED) is 0.884. The molecule has 1 aliphatic rings. The first-order chi connectivity index (χ1) is 8.72. The van der Waals surface area contributed by atoms with Gasteiger partial charge in [-0.05, 0) is 42.2 Å². The van der Waals surface area contributed by atoms with Gasteiger partial charge in [-0.3, -0.25) is 0 Å². The topological polar surface area (TPSA) is 12.0 Å². The molecule has 1 aromatic heterocycles. The Labute approximate surface area is 115 Å². The summed E-state index contributed by atoms with van der Waals surface area (Å²) < 4.78 is 13.7. The lowest BCUT2D eigenvalue weighted by atomic mass is 10.1. The molecule has 1 atom stereocenters. The van der Waals surface area contributed by atoms with Crippen LogP contribution in [0, 0.1) is 5.82 Å². The van der Waals surface area contributed by atoms with Crippen LogP contribution < -0.4 is 5.32 Å². The molecule has 0 amide bonds. The van der Waals surface area contributed by atoms with Gasteiger partial charge in [0.15, 0.2) is 0 Å². The van der Waals surface area contributed by atoms with Gasteiger partial charge in [-0.15, -0.1) is 11.3 Å². The van der Waals surface area contributed by atoms with Crippen molar-refractivity contribution in [2.24, 2.45) is 0 Å². The molecule has 0 spiro atoms. The van der Waals surface area contributed by atoms with E-state index in [0.29, 0.717) is 6.04 Å². The molecule has 4 heteroatoms. The fourth-order valence-electron chi connectivity index (χ4n) is 2.39. The molecule has 3 rings (SSSR count). The van der Waals surface area contributed by atoms with E-state index in [1.54, 1.807) is 11.3 Å². The van der Waals surface area contributed by atoms with Crippen molar-refractivity contribution >= 4 is 22.9 Å². The maximum Gasteiger partial charge on any atom is 0.123 e. The summed E-state index contributed by atoms with van der Waals surface area (Å²) in [6, 6.07) is 9.08. The van der Waals surface area contributed by atoms with Gasteiger partial charge in [0.05, 0.1) is 4.34 Å². The van der Waals surface area contributed by atoms with E-state index in [0.717, 1.165) is 29.3 Å². The van der Waals surface area contributed by atoms with Gasteiger partial charge in [0.25, 0.3) is 0 Å². The fraction of sp³-hybridized carbons (Fsp3) is 0.286. The molecular weight excluding hydrogens is 269 g/mol. The highest BCUT2D eigenvalue weighted by molar-refractivity contribution is 7.16. The van der Waals surface area contributed by atoms with Crippen LogP contribution in [0.4, 0.5) is 4.39 Å². The second-order valence-corrected chi connectivity index (χ2v) is 6.30. The van der Waals surface area contributed by atoms with E-state index in [1.807, 2.05) is 12.1 Å². The molecule has 0 saturated carbocycles. The number of nitrogens with one attached hydrogen (secondary N) is 1. The van der Waals surface area contributed by atoms with Crippen LogP contribution in [0.1, 0.15) is 28.5 Å². The first-order valence-corrected chi connectivity index (χ1v) is 7.18. The summed E-state index contributed by atoms with van der Waals surface area (Å²) in [4.78, 5) is 1.40. The third kappa shape index (κ3) is 2.44. The zero-order valence-corrected chi connectivity index (χ0v) is 11.3. The normalized spacial score (nSPS) is 18.0. The SMILES string of the molecule is Fc1ccc(CNC2CCc3sc(Cl)cc32)cc1.